The SMILES string of the molecule is CC(=O)N(C)NCc1ccn(-c2ccc(C(F)(F)F)cc2)n1. The largest absolute Gasteiger partial charge is 0.416 e. The average molecular weight is 312 g/mol. The van der Waals surface area contributed by atoms with Gasteiger partial charge < -0.3 is 0 Å². The summed E-state index contributed by atoms with van der Waals surface area (Å²) in [6.45, 7) is 1.76. The number of rotatable bonds is 4. The summed E-state index contributed by atoms with van der Waals surface area (Å²) in [5, 5.41) is 5.57. The van der Waals surface area contributed by atoms with Crippen molar-refractivity contribution in [2.45, 2.75) is 19.6 Å². The highest BCUT2D eigenvalue weighted by Gasteiger charge is 2.30. The van der Waals surface area contributed by atoms with Gasteiger partial charge in [0, 0.05) is 20.2 Å². The molecule has 0 aliphatic carbocycles. The minimum Gasteiger partial charge on any atom is -0.281 e. The van der Waals surface area contributed by atoms with Crippen LogP contribution in [0, 0.1) is 0 Å². The van der Waals surface area contributed by atoms with E-state index in [1.807, 2.05) is 0 Å². The Balaban J connectivity index is 2.06. The third-order valence-electron chi connectivity index (χ3n) is 3.07. The number of carbonyl (C=O) groups is 1. The Labute approximate surface area is 125 Å². The van der Waals surface area contributed by atoms with E-state index >= 15 is 0 Å². The molecule has 22 heavy (non-hydrogen) atoms. The number of aromatic nitrogens is 2. The van der Waals surface area contributed by atoms with Crippen molar-refractivity contribution in [2.75, 3.05) is 7.05 Å². The zero-order valence-corrected chi connectivity index (χ0v) is 12.1. The topological polar surface area (TPSA) is 50.2 Å². The molecule has 1 aromatic carbocycles. The molecule has 0 fully saturated rings. The maximum atomic E-state index is 12.5. The molecule has 118 valence electrons. The molecule has 1 amide bonds. The molecule has 1 N–H and O–H groups in total. The Morgan fingerprint density at radius 3 is 2.45 bits per heavy atom. The second-order valence-corrected chi connectivity index (χ2v) is 4.71. The standard InChI is InChI=1S/C14H15F3N4O/c1-10(22)20(2)18-9-12-7-8-21(19-12)13-5-3-11(4-6-13)14(15,16)17/h3-8,18H,9H2,1-2H3. The molecule has 0 bridgehead atoms. The molecule has 1 heterocycles. The van der Waals surface area contributed by atoms with Crippen molar-refractivity contribution >= 4 is 5.91 Å². The molecule has 0 atom stereocenters. The predicted octanol–water partition coefficient (Wildman–Crippen LogP) is 2.37. The molecule has 2 aromatic rings. The monoisotopic (exact) mass is 312 g/mol. The quantitative estimate of drug-likeness (QED) is 0.882. The molecular weight excluding hydrogens is 297 g/mol. The summed E-state index contributed by atoms with van der Waals surface area (Å²) >= 11 is 0. The maximum Gasteiger partial charge on any atom is 0.416 e. The second kappa shape index (κ2) is 6.18. The van der Waals surface area contributed by atoms with Crippen molar-refractivity contribution in [3.8, 4) is 5.69 Å². The van der Waals surface area contributed by atoms with Crippen LogP contribution >= 0.6 is 0 Å². The number of halogens is 3. The molecule has 0 unspecified atom stereocenters. The predicted molar refractivity (Wildman–Crippen MR) is 73.8 cm³/mol. The maximum absolute atomic E-state index is 12.5. The van der Waals surface area contributed by atoms with Crippen LogP contribution in [0.15, 0.2) is 36.5 Å². The lowest BCUT2D eigenvalue weighted by atomic mass is 10.2. The Kier molecular flexibility index (Phi) is 4.51. The van der Waals surface area contributed by atoms with Crippen molar-refractivity contribution in [2.24, 2.45) is 0 Å². The van der Waals surface area contributed by atoms with Gasteiger partial charge in [-0.15, -0.1) is 0 Å². The first-order chi connectivity index (χ1) is 10.3. The molecule has 0 aliphatic rings. The normalized spacial score (nSPS) is 11.5. The number of alkyl halides is 3. The van der Waals surface area contributed by atoms with E-state index in [2.05, 4.69) is 10.5 Å². The molecular formula is C14H15F3N4O. The lowest BCUT2D eigenvalue weighted by Crippen LogP contribution is -2.37. The van der Waals surface area contributed by atoms with E-state index in [1.54, 1.807) is 19.3 Å². The van der Waals surface area contributed by atoms with Gasteiger partial charge in [-0.3, -0.25) is 9.80 Å². The Hall–Kier alpha value is -2.35. The molecule has 0 saturated heterocycles. The molecule has 0 radical (unpaired) electrons. The summed E-state index contributed by atoms with van der Waals surface area (Å²) < 4.78 is 39.0. The highest BCUT2D eigenvalue weighted by Crippen LogP contribution is 2.29. The van der Waals surface area contributed by atoms with E-state index in [-0.39, 0.29) is 5.91 Å². The van der Waals surface area contributed by atoms with Crippen LogP contribution in [-0.2, 0) is 17.5 Å². The molecule has 5 nitrogen and oxygen atoms in total. The van der Waals surface area contributed by atoms with Crippen molar-refractivity contribution in [3.63, 3.8) is 0 Å². The van der Waals surface area contributed by atoms with Crippen LogP contribution in [0.2, 0.25) is 0 Å². The number of nitrogens with one attached hydrogen (secondary N) is 1. The molecule has 0 aliphatic heterocycles. The summed E-state index contributed by atoms with van der Waals surface area (Å²) in [5.74, 6) is -0.137. The van der Waals surface area contributed by atoms with Crippen molar-refractivity contribution < 1.29 is 18.0 Å². The minimum absolute atomic E-state index is 0.137. The minimum atomic E-state index is -4.35. The number of hydrogen-bond acceptors (Lipinski definition) is 3. The zero-order chi connectivity index (χ0) is 16.3. The molecule has 0 spiro atoms. The number of nitrogens with zero attached hydrogens (tertiary/aromatic N) is 3. The number of benzene rings is 1. The van der Waals surface area contributed by atoms with Gasteiger partial charge in [0.05, 0.1) is 23.5 Å². The van der Waals surface area contributed by atoms with E-state index in [0.717, 1.165) is 12.1 Å². The Morgan fingerprint density at radius 2 is 1.91 bits per heavy atom. The zero-order valence-electron chi connectivity index (χ0n) is 12.1. The van der Waals surface area contributed by atoms with Crippen LogP contribution in [0.25, 0.3) is 5.69 Å². The number of amides is 1. The van der Waals surface area contributed by atoms with E-state index in [0.29, 0.717) is 17.9 Å². The fourth-order valence-corrected chi connectivity index (χ4v) is 1.71. The van der Waals surface area contributed by atoms with E-state index in [1.165, 1.54) is 28.7 Å². The van der Waals surface area contributed by atoms with Crippen molar-refractivity contribution in [3.05, 3.63) is 47.8 Å². The number of hydrazine groups is 1. The lowest BCUT2D eigenvalue weighted by Gasteiger charge is -2.14. The van der Waals surface area contributed by atoms with Crippen molar-refractivity contribution in [1.82, 2.24) is 20.2 Å². The van der Waals surface area contributed by atoms with Crippen LogP contribution in [0.1, 0.15) is 18.2 Å². The molecule has 0 saturated carbocycles. The van der Waals surface area contributed by atoms with Crippen LogP contribution < -0.4 is 5.43 Å². The summed E-state index contributed by atoms with van der Waals surface area (Å²) in [6, 6.07) is 6.46. The average Bonchev–Trinajstić information content (AvgIpc) is 2.92. The first-order valence-electron chi connectivity index (χ1n) is 6.47. The van der Waals surface area contributed by atoms with Gasteiger partial charge in [-0.2, -0.15) is 18.3 Å². The third kappa shape index (κ3) is 3.85. The lowest BCUT2D eigenvalue weighted by molar-refractivity contribution is -0.137. The van der Waals surface area contributed by atoms with Crippen molar-refractivity contribution in [1.29, 1.82) is 0 Å². The Morgan fingerprint density at radius 1 is 1.27 bits per heavy atom. The van der Waals surface area contributed by atoms with Crippen LogP contribution in [0.3, 0.4) is 0 Å². The number of hydrogen-bond donors (Lipinski definition) is 1. The van der Waals surface area contributed by atoms with Gasteiger partial charge >= 0.3 is 6.18 Å². The summed E-state index contributed by atoms with van der Waals surface area (Å²) in [5.41, 5.74) is 3.34. The first-order valence-corrected chi connectivity index (χ1v) is 6.47. The summed E-state index contributed by atoms with van der Waals surface area (Å²) in [4.78, 5) is 11.1. The smallest absolute Gasteiger partial charge is 0.281 e. The second-order valence-electron chi connectivity index (χ2n) is 4.71. The van der Waals surface area contributed by atoms with Gasteiger partial charge in [0.1, 0.15) is 0 Å². The molecule has 2 rings (SSSR count). The first kappa shape index (κ1) is 16.0. The van der Waals surface area contributed by atoms with E-state index in [4.69, 9.17) is 0 Å². The van der Waals surface area contributed by atoms with Gasteiger partial charge in [0.2, 0.25) is 5.91 Å². The fourth-order valence-electron chi connectivity index (χ4n) is 1.71. The van der Waals surface area contributed by atoms with E-state index in [9.17, 15) is 18.0 Å². The van der Waals surface area contributed by atoms with Crippen LogP contribution in [-0.4, -0.2) is 27.7 Å². The van der Waals surface area contributed by atoms with Gasteiger partial charge in [0.25, 0.3) is 0 Å². The fraction of sp³-hybridized carbons (Fsp3) is 0.286. The third-order valence-corrected chi connectivity index (χ3v) is 3.07. The highest BCUT2D eigenvalue weighted by molar-refractivity contribution is 5.72. The summed E-state index contributed by atoms with van der Waals surface area (Å²) in [6.07, 6.45) is -2.71. The molecule has 1 aromatic heterocycles. The molecule has 8 heteroatoms. The van der Waals surface area contributed by atoms with Gasteiger partial charge in [-0.05, 0) is 30.3 Å². The summed E-state index contributed by atoms with van der Waals surface area (Å²) in [7, 11) is 1.59. The van der Waals surface area contributed by atoms with Crippen LogP contribution in [0.5, 0.6) is 0 Å². The van der Waals surface area contributed by atoms with Gasteiger partial charge in [-0.25, -0.2) is 10.1 Å². The number of carbonyl (C=O) groups excluding carboxylic acids is 1. The van der Waals surface area contributed by atoms with E-state index < -0.39 is 11.7 Å². The highest BCUT2D eigenvalue weighted by atomic mass is 19.4. The van der Waals surface area contributed by atoms with Gasteiger partial charge in [0.15, 0.2) is 0 Å². The van der Waals surface area contributed by atoms with Crippen LogP contribution in [0.4, 0.5) is 13.2 Å². The Bertz CT molecular complexity index is 649. The van der Waals surface area contributed by atoms with Gasteiger partial charge in [-0.1, -0.05) is 0 Å².